The Morgan fingerprint density at radius 2 is 2.00 bits per heavy atom. The summed E-state index contributed by atoms with van der Waals surface area (Å²) in [4.78, 5) is 27.8. The minimum Gasteiger partial charge on any atom is -0.396 e. The van der Waals surface area contributed by atoms with Gasteiger partial charge in [0.15, 0.2) is 0 Å². The molecule has 1 fully saturated rings. The lowest BCUT2D eigenvalue weighted by Gasteiger charge is -2.27. The first kappa shape index (κ1) is 20.5. The zero-order valence-electron chi connectivity index (χ0n) is 17.1. The van der Waals surface area contributed by atoms with Gasteiger partial charge in [0.2, 0.25) is 5.91 Å². The highest BCUT2D eigenvalue weighted by Crippen LogP contribution is 2.48. The van der Waals surface area contributed by atoms with Crippen molar-refractivity contribution >= 4 is 12.0 Å². The number of carbonyl (C=O) groups is 1. The summed E-state index contributed by atoms with van der Waals surface area (Å²) in [7, 11) is 1.87. The minimum absolute atomic E-state index is 0.0184. The van der Waals surface area contributed by atoms with E-state index in [0.29, 0.717) is 18.7 Å². The Balaban J connectivity index is 1.56. The zero-order chi connectivity index (χ0) is 21.4. The molecule has 30 heavy (non-hydrogen) atoms. The number of aromatic nitrogens is 1. The number of nitrogens with zero attached hydrogens (tertiary/aromatic N) is 2. The third-order valence-corrected chi connectivity index (χ3v) is 6.38. The maximum absolute atomic E-state index is 13.1. The standard InChI is InChI=1S/C23H26FN3O3/c1-3-4-15-7-10-19-20-17(12-27(19)23(15)30)18(13-28)21(26(20)2)22(29)25-11-14-5-8-16(24)9-6-14/h3-10,17-18,20-21,28H,11-13H2,1-2H3,(H,25,29)/b4-3+/t17-,18-,20+,21-/m0/s1. The molecule has 0 spiro atoms. The Bertz CT molecular complexity index is 1030. The van der Waals surface area contributed by atoms with Crippen molar-refractivity contribution in [3.63, 3.8) is 0 Å². The molecule has 3 heterocycles. The van der Waals surface area contributed by atoms with Crippen LogP contribution in [0.25, 0.3) is 6.08 Å². The van der Waals surface area contributed by atoms with Crippen molar-refractivity contribution in [3.05, 3.63) is 75.5 Å². The van der Waals surface area contributed by atoms with Crippen LogP contribution in [0.2, 0.25) is 0 Å². The molecule has 1 aromatic heterocycles. The molecule has 6 nitrogen and oxygen atoms in total. The van der Waals surface area contributed by atoms with E-state index in [4.69, 9.17) is 0 Å². The smallest absolute Gasteiger partial charge is 0.258 e. The van der Waals surface area contributed by atoms with Gasteiger partial charge in [-0.25, -0.2) is 4.39 Å². The van der Waals surface area contributed by atoms with Crippen LogP contribution in [-0.2, 0) is 17.9 Å². The van der Waals surface area contributed by atoms with Crippen LogP contribution >= 0.6 is 0 Å². The average molecular weight is 411 g/mol. The summed E-state index contributed by atoms with van der Waals surface area (Å²) in [6, 6.07) is 9.17. The number of amides is 1. The first-order chi connectivity index (χ1) is 14.5. The molecule has 0 saturated carbocycles. The van der Waals surface area contributed by atoms with E-state index < -0.39 is 6.04 Å². The number of benzene rings is 1. The number of aliphatic hydroxyl groups is 1. The third kappa shape index (κ3) is 3.38. The molecule has 0 aliphatic carbocycles. The number of pyridine rings is 1. The number of hydrogen-bond acceptors (Lipinski definition) is 4. The van der Waals surface area contributed by atoms with Gasteiger partial charge in [-0.3, -0.25) is 14.5 Å². The van der Waals surface area contributed by atoms with Crippen LogP contribution in [0.1, 0.15) is 29.8 Å². The lowest BCUT2D eigenvalue weighted by atomic mass is 9.88. The van der Waals surface area contributed by atoms with Gasteiger partial charge in [-0.05, 0) is 43.8 Å². The highest BCUT2D eigenvalue weighted by Gasteiger charge is 2.54. The summed E-state index contributed by atoms with van der Waals surface area (Å²) in [5.74, 6) is -0.789. The van der Waals surface area contributed by atoms with Gasteiger partial charge < -0.3 is 15.0 Å². The monoisotopic (exact) mass is 411 g/mol. The van der Waals surface area contributed by atoms with Crippen molar-refractivity contribution in [3.8, 4) is 0 Å². The number of allylic oxidation sites excluding steroid dienone is 1. The lowest BCUT2D eigenvalue weighted by molar-refractivity contribution is -0.127. The van der Waals surface area contributed by atoms with Gasteiger partial charge in [0.1, 0.15) is 5.82 Å². The highest BCUT2D eigenvalue weighted by molar-refractivity contribution is 5.82. The van der Waals surface area contributed by atoms with E-state index in [1.807, 2.05) is 37.1 Å². The van der Waals surface area contributed by atoms with Crippen molar-refractivity contribution in [1.82, 2.24) is 14.8 Å². The predicted molar refractivity (Wildman–Crippen MR) is 112 cm³/mol. The van der Waals surface area contributed by atoms with Crippen molar-refractivity contribution in [2.75, 3.05) is 13.7 Å². The van der Waals surface area contributed by atoms with Gasteiger partial charge in [0.05, 0.1) is 12.1 Å². The molecule has 2 aliphatic rings. The molecular formula is C23H26FN3O3. The molecule has 4 rings (SSSR count). The topological polar surface area (TPSA) is 74.6 Å². The van der Waals surface area contributed by atoms with Crippen molar-refractivity contribution < 1.29 is 14.3 Å². The fourth-order valence-corrected chi connectivity index (χ4v) is 4.99. The number of nitrogens with one attached hydrogen (secondary N) is 1. The highest BCUT2D eigenvalue weighted by atomic mass is 19.1. The second-order valence-corrected chi connectivity index (χ2v) is 8.04. The number of likely N-dealkylation sites (tertiary alicyclic amines) is 1. The molecule has 2 N–H and O–H groups in total. The van der Waals surface area contributed by atoms with Gasteiger partial charge in [-0.2, -0.15) is 0 Å². The lowest BCUT2D eigenvalue weighted by Crippen LogP contribution is -2.46. The van der Waals surface area contributed by atoms with Gasteiger partial charge in [0, 0.05) is 42.8 Å². The van der Waals surface area contributed by atoms with Crippen LogP contribution in [0.15, 0.2) is 47.3 Å². The normalized spacial score (nSPS) is 25.5. The Hall–Kier alpha value is -2.77. The Morgan fingerprint density at radius 3 is 2.67 bits per heavy atom. The van der Waals surface area contributed by atoms with E-state index >= 15 is 0 Å². The molecule has 2 aliphatic heterocycles. The van der Waals surface area contributed by atoms with Crippen LogP contribution in [0, 0.1) is 17.7 Å². The summed E-state index contributed by atoms with van der Waals surface area (Å²) < 4.78 is 14.9. The van der Waals surface area contributed by atoms with Gasteiger partial charge in [0.25, 0.3) is 5.56 Å². The molecule has 0 radical (unpaired) electrons. The Morgan fingerprint density at radius 1 is 1.27 bits per heavy atom. The molecule has 2 aromatic rings. The zero-order valence-corrected chi connectivity index (χ0v) is 17.1. The Kier molecular flexibility index (Phi) is 5.58. The van der Waals surface area contributed by atoms with Crippen molar-refractivity contribution in [2.24, 2.45) is 11.8 Å². The minimum atomic E-state index is -0.496. The number of hydrogen-bond donors (Lipinski definition) is 2. The Labute approximate surface area is 174 Å². The summed E-state index contributed by atoms with van der Waals surface area (Å²) >= 11 is 0. The number of rotatable bonds is 5. The van der Waals surface area contributed by atoms with E-state index in [1.165, 1.54) is 12.1 Å². The largest absolute Gasteiger partial charge is 0.396 e. The molecule has 1 aromatic carbocycles. The van der Waals surface area contributed by atoms with Crippen LogP contribution in [0.3, 0.4) is 0 Å². The number of aliphatic hydroxyl groups excluding tert-OH is 1. The molecule has 1 amide bonds. The van der Waals surface area contributed by atoms with E-state index in [9.17, 15) is 19.1 Å². The van der Waals surface area contributed by atoms with E-state index in [2.05, 4.69) is 5.32 Å². The fraction of sp³-hybridized carbons (Fsp3) is 0.391. The molecule has 0 bridgehead atoms. The fourth-order valence-electron chi connectivity index (χ4n) is 4.99. The number of likely N-dealkylation sites (N-methyl/N-ethyl adjacent to an activating group) is 1. The number of fused-ring (bicyclic) bond motifs is 3. The molecule has 4 atom stereocenters. The average Bonchev–Trinajstić information content (AvgIpc) is 3.25. The number of halogens is 1. The molecular weight excluding hydrogens is 385 g/mol. The number of carbonyl (C=O) groups excluding carboxylic acids is 1. The SMILES string of the molecule is C/C=C/c1ccc2n(c1=O)C[C@H]1[C@H](CO)[C@@H](C(=O)NCc3ccc(F)cc3)N(C)[C@@H]21. The second-order valence-electron chi connectivity index (χ2n) is 8.04. The van der Waals surface area contributed by atoms with Crippen LogP contribution < -0.4 is 10.9 Å². The van der Waals surface area contributed by atoms with Gasteiger partial charge in [-0.15, -0.1) is 0 Å². The summed E-state index contributed by atoms with van der Waals surface area (Å²) in [6.45, 7) is 2.52. The van der Waals surface area contributed by atoms with E-state index in [1.54, 1.807) is 22.8 Å². The summed E-state index contributed by atoms with van der Waals surface area (Å²) in [5, 5.41) is 13.0. The quantitative estimate of drug-likeness (QED) is 0.789. The third-order valence-electron chi connectivity index (χ3n) is 6.38. The van der Waals surface area contributed by atoms with E-state index in [0.717, 1.165) is 11.3 Å². The molecule has 0 unspecified atom stereocenters. The van der Waals surface area contributed by atoms with Crippen LogP contribution in [0.4, 0.5) is 4.39 Å². The van der Waals surface area contributed by atoms with Crippen LogP contribution in [0.5, 0.6) is 0 Å². The molecule has 158 valence electrons. The maximum Gasteiger partial charge on any atom is 0.258 e. The summed E-state index contributed by atoms with van der Waals surface area (Å²) in [6.07, 6.45) is 3.63. The van der Waals surface area contributed by atoms with E-state index in [-0.39, 0.29) is 41.8 Å². The van der Waals surface area contributed by atoms with Crippen LogP contribution in [-0.4, -0.2) is 40.2 Å². The molecule has 1 saturated heterocycles. The van der Waals surface area contributed by atoms with Crippen molar-refractivity contribution in [1.29, 1.82) is 0 Å². The van der Waals surface area contributed by atoms with Crippen molar-refractivity contribution in [2.45, 2.75) is 32.1 Å². The summed E-state index contributed by atoms with van der Waals surface area (Å²) in [5.41, 5.74) is 2.29. The second kappa shape index (κ2) is 8.16. The first-order valence-corrected chi connectivity index (χ1v) is 10.2. The predicted octanol–water partition coefficient (Wildman–Crippen LogP) is 1.93. The maximum atomic E-state index is 13.1. The first-order valence-electron chi connectivity index (χ1n) is 10.2. The van der Waals surface area contributed by atoms with Gasteiger partial charge >= 0.3 is 0 Å². The molecule has 7 heteroatoms. The van der Waals surface area contributed by atoms with Gasteiger partial charge in [-0.1, -0.05) is 24.3 Å².